The summed E-state index contributed by atoms with van der Waals surface area (Å²) in [6.45, 7) is 1.01. The molecule has 0 spiro atoms. The number of pyridine rings is 1. The Morgan fingerprint density at radius 1 is 1.29 bits per heavy atom. The number of anilines is 1. The van der Waals surface area contributed by atoms with Crippen LogP contribution < -0.4 is 4.90 Å². The van der Waals surface area contributed by atoms with E-state index in [0.717, 1.165) is 26.6 Å². The van der Waals surface area contributed by atoms with Gasteiger partial charge in [-0.3, -0.25) is 0 Å². The van der Waals surface area contributed by atoms with Crippen molar-refractivity contribution in [3.8, 4) is 0 Å². The Bertz CT molecular complexity index is 378. The fraction of sp³-hybridized carbons (Fsp3) is 0.583. The highest BCUT2D eigenvalue weighted by Crippen LogP contribution is 2.32. The molecule has 0 saturated heterocycles. The fourth-order valence-corrected chi connectivity index (χ4v) is 3.98. The minimum atomic E-state index is 0.650. The molecule has 2 rings (SSSR count). The van der Waals surface area contributed by atoms with E-state index in [-0.39, 0.29) is 0 Å². The van der Waals surface area contributed by atoms with Crippen LogP contribution in [-0.4, -0.2) is 22.9 Å². The van der Waals surface area contributed by atoms with E-state index in [4.69, 9.17) is 0 Å². The lowest BCUT2D eigenvalue weighted by atomic mass is 10.2. The van der Waals surface area contributed by atoms with Crippen LogP contribution >= 0.6 is 47.8 Å². The summed E-state index contributed by atoms with van der Waals surface area (Å²) in [7, 11) is 0. The number of nitrogens with zero attached hydrogens (tertiary/aromatic N) is 2. The average Bonchev–Trinajstić information content (AvgIpc) is 2.80. The second kappa shape index (κ2) is 6.53. The van der Waals surface area contributed by atoms with Crippen molar-refractivity contribution in [1.82, 2.24) is 4.98 Å². The first kappa shape index (κ1) is 13.8. The zero-order valence-corrected chi connectivity index (χ0v) is 14.3. The average molecular weight is 427 g/mol. The third kappa shape index (κ3) is 3.44. The Morgan fingerprint density at radius 3 is 2.59 bits per heavy atom. The largest absolute Gasteiger partial charge is 0.352 e. The van der Waals surface area contributed by atoms with E-state index in [0.29, 0.717) is 6.04 Å². The van der Waals surface area contributed by atoms with E-state index < -0.39 is 0 Å². The first-order valence-corrected chi connectivity index (χ1v) is 8.57. The van der Waals surface area contributed by atoms with Crippen molar-refractivity contribution in [2.75, 3.05) is 16.8 Å². The maximum Gasteiger partial charge on any atom is 0.143 e. The topological polar surface area (TPSA) is 16.1 Å². The van der Waals surface area contributed by atoms with Gasteiger partial charge in [0.2, 0.25) is 0 Å². The molecule has 0 aromatic carbocycles. The maximum atomic E-state index is 4.55. The van der Waals surface area contributed by atoms with E-state index in [1.54, 1.807) is 0 Å². The zero-order valence-electron chi connectivity index (χ0n) is 9.50. The van der Waals surface area contributed by atoms with Crippen molar-refractivity contribution in [1.29, 1.82) is 0 Å². The molecule has 0 amide bonds. The fourth-order valence-electron chi connectivity index (χ4n) is 2.39. The Kier molecular flexibility index (Phi) is 5.30. The summed E-state index contributed by atoms with van der Waals surface area (Å²) in [5.41, 5.74) is 0. The molecular formula is C12H15Br3N2. The SMILES string of the molecule is BrCCN(c1ncc(Br)cc1Br)C1CCCC1. The molecule has 0 atom stereocenters. The number of aromatic nitrogens is 1. The summed E-state index contributed by atoms with van der Waals surface area (Å²) in [4.78, 5) is 6.98. The molecule has 94 valence electrons. The Labute approximate surface area is 128 Å². The lowest BCUT2D eigenvalue weighted by Gasteiger charge is -2.30. The quantitative estimate of drug-likeness (QED) is 0.646. The van der Waals surface area contributed by atoms with Gasteiger partial charge in [0.25, 0.3) is 0 Å². The molecule has 1 heterocycles. The molecule has 0 radical (unpaired) electrons. The van der Waals surface area contributed by atoms with Crippen LogP contribution in [0.4, 0.5) is 5.82 Å². The van der Waals surface area contributed by atoms with Crippen molar-refractivity contribution < 1.29 is 0 Å². The van der Waals surface area contributed by atoms with Crippen molar-refractivity contribution in [3.05, 3.63) is 21.2 Å². The lowest BCUT2D eigenvalue weighted by Crippen LogP contribution is -2.35. The Morgan fingerprint density at radius 2 is 2.00 bits per heavy atom. The molecule has 0 bridgehead atoms. The van der Waals surface area contributed by atoms with Crippen molar-refractivity contribution in [2.45, 2.75) is 31.7 Å². The van der Waals surface area contributed by atoms with Gasteiger partial charge in [-0.2, -0.15) is 0 Å². The normalized spacial score (nSPS) is 16.4. The number of halogens is 3. The molecule has 0 unspecified atom stereocenters. The first-order chi connectivity index (χ1) is 8.22. The van der Waals surface area contributed by atoms with E-state index in [9.17, 15) is 0 Å². The Hall–Kier alpha value is 0.390. The summed E-state index contributed by atoms with van der Waals surface area (Å²) >= 11 is 10.6. The van der Waals surface area contributed by atoms with Crippen LogP contribution in [0.15, 0.2) is 21.2 Å². The second-order valence-electron chi connectivity index (χ2n) is 4.28. The molecule has 0 aliphatic heterocycles. The molecule has 1 aromatic heterocycles. The molecular weight excluding hydrogens is 412 g/mol. The second-order valence-corrected chi connectivity index (χ2v) is 6.84. The lowest BCUT2D eigenvalue weighted by molar-refractivity contribution is 0.615. The van der Waals surface area contributed by atoms with E-state index in [1.807, 2.05) is 6.20 Å². The highest BCUT2D eigenvalue weighted by molar-refractivity contribution is 9.11. The number of hydrogen-bond acceptors (Lipinski definition) is 2. The van der Waals surface area contributed by atoms with Crippen LogP contribution in [0.1, 0.15) is 25.7 Å². The van der Waals surface area contributed by atoms with Crippen LogP contribution in [0.2, 0.25) is 0 Å². The summed E-state index contributed by atoms with van der Waals surface area (Å²) in [6.07, 6.45) is 7.14. The van der Waals surface area contributed by atoms with E-state index in [2.05, 4.69) is 63.7 Å². The molecule has 5 heteroatoms. The monoisotopic (exact) mass is 424 g/mol. The molecule has 2 nitrogen and oxygen atoms in total. The van der Waals surface area contributed by atoms with Gasteiger partial charge in [-0.1, -0.05) is 28.8 Å². The highest BCUT2D eigenvalue weighted by Gasteiger charge is 2.24. The van der Waals surface area contributed by atoms with Crippen molar-refractivity contribution >= 4 is 53.6 Å². The van der Waals surface area contributed by atoms with Crippen LogP contribution in [0.3, 0.4) is 0 Å². The molecule has 1 saturated carbocycles. The molecule has 1 fully saturated rings. The van der Waals surface area contributed by atoms with Gasteiger partial charge < -0.3 is 4.90 Å². The van der Waals surface area contributed by atoms with Gasteiger partial charge in [0.1, 0.15) is 5.82 Å². The van der Waals surface area contributed by atoms with Crippen molar-refractivity contribution in [3.63, 3.8) is 0 Å². The minimum Gasteiger partial charge on any atom is -0.352 e. The molecule has 1 aliphatic carbocycles. The standard InChI is InChI=1S/C12H15Br3N2/c13-5-6-17(10-3-1-2-4-10)12-11(15)7-9(14)8-16-12/h7-8,10H,1-6H2. The molecule has 1 aromatic rings. The molecule has 17 heavy (non-hydrogen) atoms. The van der Waals surface area contributed by atoms with Gasteiger partial charge in [0.05, 0.1) is 4.47 Å². The summed E-state index contributed by atoms with van der Waals surface area (Å²) in [5.74, 6) is 1.07. The maximum absolute atomic E-state index is 4.55. The number of alkyl halides is 1. The van der Waals surface area contributed by atoms with Crippen LogP contribution in [-0.2, 0) is 0 Å². The molecule has 0 N–H and O–H groups in total. The third-order valence-electron chi connectivity index (χ3n) is 3.15. The van der Waals surface area contributed by atoms with Crippen LogP contribution in [0.5, 0.6) is 0 Å². The molecule has 1 aliphatic rings. The van der Waals surface area contributed by atoms with Crippen molar-refractivity contribution in [2.24, 2.45) is 0 Å². The van der Waals surface area contributed by atoms with Crippen LogP contribution in [0, 0.1) is 0 Å². The Balaban J connectivity index is 2.24. The van der Waals surface area contributed by atoms with Gasteiger partial charge in [0.15, 0.2) is 0 Å². The smallest absolute Gasteiger partial charge is 0.143 e. The van der Waals surface area contributed by atoms with Gasteiger partial charge in [-0.15, -0.1) is 0 Å². The zero-order chi connectivity index (χ0) is 12.3. The first-order valence-electron chi connectivity index (χ1n) is 5.86. The highest BCUT2D eigenvalue weighted by atomic mass is 79.9. The van der Waals surface area contributed by atoms with Gasteiger partial charge in [-0.25, -0.2) is 4.98 Å². The van der Waals surface area contributed by atoms with E-state index >= 15 is 0 Å². The predicted molar refractivity (Wildman–Crippen MR) is 83.0 cm³/mol. The third-order valence-corrected chi connectivity index (χ3v) is 4.52. The van der Waals surface area contributed by atoms with E-state index in [1.165, 1.54) is 25.7 Å². The number of hydrogen-bond donors (Lipinski definition) is 0. The van der Waals surface area contributed by atoms with Gasteiger partial charge in [-0.05, 0) is 50.8 Å². The summed E-state index contributed by atoms with van der Waals surface area (Å²) < 4.78 is 2.08. The van der Waals surface area contributed by atoms with Gasteiger partial charge >= 0.3 is 0 Å². The summed E-state index contributed by atoms with van der Waals surface area (Å²) in [5, 5.41) is 0.980. The summed E-state index contributed by atoms with van der Waals surface area (Å²) in [6, 6.07) is 2.72. The minimum absolute atomic E-state index is 0.650. The van der Waals surface area contributed by atoms with Gasteiger partial charge in [0, 0.05) is 28.6 Å². The van der Waals surface area contributed by atoms with Crippen LogP contribution in [0.25, 0.3) is 0 Å². The predicted octanol–water partition coefficient (Wildman–Crippen LogP) is 4.75. The number of rotatable bonds is 4.